The maximum Gasteiger partial charge on any atom is 0.446 e. The molecular formula is C28H36F3N3OS. The van der Waals surface area contributed by atoms with Crippen LogP contribution in [-0.2, 0) is 11.2 Å². The van der Waals surface area contributed by atoms with Gasteiger partial charge in [0.05, 0.1) is 0 Å². The summed E-state index contributed by atoms with van der Waals surface area (Å²) < 4.78 is 37.7. The molecule has 1 amide bonds. The number of thioether (sulfide) groups is 1. The van der Waals surface area contributed by atoms with Crippen LogP contribution in [0.2, 0.25) is 0 Å². The van der Waals surface area contributed by atoms with Crippen molar-refractivity contribution in [2.75, 3.05) is 50.7 Å². The van der Waals surface area contributed by atoms with Crippen LogP contribution in [0.25, 0.3) is 0 Å². The molecular weight excluding hydrogens is 483 g/mol. The molecule has 2 aliphatic heterocycles. The summed E-state index contributed by atoms with van der Waals surface area (Å²) in [6, 6.07) is 15.4. The fraction of sp³-hybridized carbons (Fsp3) is 0.536. The Morgan fingerprint density at radius 2 is 1.69 bits per heavy atom. The van der Waals surface area contributed by atoms with E-state index in [2.05, 4.69) is 41.0 Å². The maximum absolute atomic E-state index is 13.0. The first kappa shape index (κ1) is 26.9. The minimum Gasteiger partial charge on any atom is -0.370 e. The lowest BCUT2D eigenvalue weighted by molar-refractivity contribution is -0.133. The summed E-state index contributed by atoms with van der Waals surface area (Å²) in [5.41, 5.74) is -0.693. The van der Waals surface area contributed by atoms with Crippen LogP contribution < -0.4 is 4.90 Å². The van der Waals surface area contributed by atoms with Gasteiger partial charge in [0, 0.05) is 56.3 Å². The molecule has 0 N–H and O–H groups in total. The quantitative estimate of drug-likeness (QED) is 0.420. The van der Waals surface area contributed by atoms with Crippen molar-refractivity contribution >= 4 is 23.4 Å². The van der Waals surface area contributed by atoms with E-state index in [-0.39, 0.29) is 22.6 Å². The Morgan fingerprint density at radius 3 is 2.42 bits per heavy atom. The molecule has 0 spiro atoms. The van der Waals surface area contributed by atoms with Crippen LogP contribution in [0.5, 0.6) is 0 Å². The second kappa shape index (κ2) is 12.4. The Morgan fingerprint density at radius 1 is 0.944 bits per heavy atom. The second-order valence-corrected chi connectivity index (χ2v) is 11.2. The molecule has 4 rings (SSSR count). The normalized spacial score (nSPS) is 19.8. The number of piperidine rings is 1. The summed E-state index contributed by atoms with van der Waals surface area (Å²) in [4.78, 5) is 20.1. The van der Waals surface area contributed by atoms with Crippen molar-refractivity contribution in [1.82, 2.24) is 9.80 Å². The lowest BCUT2D eigenvalue weighted by Crippen LogP contribution is -2.42. The Balaban J connectivity index is 1.21. The van der Waals surface area contributed by atoms with E-state index >= 15 is 0 Å². The molecule has 36 heavy (non-hydrogen) atoms. The summed E-state index contributed by atoms with van der Waals surface area (Å²) >= 11 is -0.0819. The SMILES string of the molecule is Cc1ccc(N2CCCN(CCC(=O)N3CCC[C@H](Cc4ccc(SC(F)(F)F)cc4)C3)CC2)cc1. The topological polar surface area (TPSA) is 26.8 Å². The Kier molecular flexibility index (Phi) is 9.23. The standard InChI is InChI=1S/C28H36F3N3OS/c1-22-5-9-25(10-6-22)33-16-3-14-32(18-19-33)17-13-27(35)34-15-2-4-24(21-34)20-23-7-11-26(12-8-23)36-28(29,30)31/h5-12,24H,2-4,13-21H2,1H3/t24-/m1/s1. The van der Waals surface area contributed by atoms with Gasteiger partial charge in [-0.25, -0.2) is 0 Å². The van der Waals surface area contributed by atoms with Crippen LogP contribution in [0.1, 0.15) is 36.8 Å². The summed E-state index contributed by atoms with van der Waals surface area (Å²) in [5.74, 6) is 0.571. The lowest BCUT2D eigenvalue weighted by atomic mass is 9.91. The van der Waals surface area contributed by atoms with E-state index in [4.69, 9.17) is 0 Å². The molecule has 2 aliphatic rings. The Bertz CT molecular complexity index is 981. The zero-order valence-corrected chi connectivity index (χ0v) is 21.8. The number of carbonyl (C=O) groups is 1. The summed E-state index contributed by atoms with van der Waals surface area (Å²) in [6.45, 7) is 8.43. The van der Waals surface area contributed by atoms with Gasteiger partial charge in [0.1, 0.15) is 0 Å². The largest absolute Gasteiger partial charge is 0.446 e. The van der Waals surface area contributed by atoms with Gasteiger partial charge in [-0.2, -0.15) is 13.2 Å². The van der Waals surface area contributed by atoms with Gasteiger partial charge >= 0.3 is 5.51 Å². The summed E-state index contributed by atoms with van der Waals surface area (Å²) in [7, 11) is 0. The molecule has 0 radical (unpaired) electrons. The molecule has 0 bridgehead atoms. The molecule has 2 heterocycles. The van der Waals surface area contributed by atoms with Crippen LogP contribution in [0.4, 0.5) is 18.9 Å². The lowest BCUT2D eigenvalue weighted by Gasteiger charge is -2.33. The van der Waals surface area contributed by atoms with Gasteiger partial charge in [-0.3, -0.25) is 4.79 Å². The smallest absolute Gasteiger partial charge is 0.370 e. The number of alkyl halides is 3. The second-order valence-electron chi connectivity index (χ2n) is 10.0. The zero-order chi connectivity index (χ0) is 25.5. The van der Waals surface area contributed by atoms with Crippen LogP contribution in [0.3, 0.4) is 0 Å². The van der Waals surface area contributed by atoms with Gasteiger partial charge < -0.3 is 14.7 Å². The van der Waals surface area contributed by atoms with Gasteiger partial charge in [-0.05, 0) is 86.7 Å². The van der Waals surface area contributed by atoms with Gasteiger partial charge in [0.15, 0.2) is 0 Å². The van der Waals surface area contributed by atoms with Crippen LogP contribution in [0, 0.1) is 12.8 Å². The number of aryl methyl sites for hydroxylation is 1. The molecule has 2 aromatic rings. The molecule has 0 unspecified atom stereocenters. The maximum atomic E-state index is 13.0. The molecule has 2 aromatic carbocycles. The fourth-order valence-corrected chi connectivity index (χ4v) is 5.78. The van der Waals surface area contributed by atoms with Crippen molar-refractivity contribution in [2.45, 2.75) is 49.4 Å². The number of likely N-dealkylation sites (tertiary alicyclic amines) is 1. The highest BCUT2D eigenvalue weighted by atomic mass is 32.2. The fourth-order valence-electron chi connectivity index (χ4n) is 5.24. The van der Waals surface area contributed by atoms with Crippen LogP contribution >= 0.6 is 11.8 Å². The number of halogens is 3. The van der Waals surface area contributed by atoms with E-state index in [1.54, 1.807) is 24.3 Å². The number of hydrogen-bond acceptors (Lipinski definition) is 4. The minimum atomic E-state index is -4.26. The first-order valence-corrected chi connectivity index (χ1v) is 13.7. The molecule has 8 heteroatoms. The van der Waals surface area contributed by atoms with E-state index in [0.717, 1.165) is 77.1 Å². The van der Waals surface area contributed by atoms with Crippen molar-refractivity contribution in [3.8, 4) is 0 Å². The molecule has 0 aromatic heterocycles. The first-order chi connectivity index (χ1) is 17.2. The van der Waals surface area contributed by atoms with Gasteiger partial charge in [-0.15, -0.1) is 0 Å². The third-order valence-electron chi connectivity index (χ3n) is 7.18. The first-order valence-electron chi connectivity index (χ1n) is 12.9. The van der Waals surface area contributed by atoms with Crippen molar-refractivity contribution in [3.63, 3.8) is 0 Å². The average Bonchev–Trinajstić information content (AvgIpc) is 3.09. The van der Waals surface area contributed by atoms with Crippen LogP contribution in [0.15, 0.2) is 53.4 Å². The monoisotopic (exact) mass is 519 g/mol. The third-order valence-corrected chi connectivity index (χ3v) is 7.92. The number of benzene rings is 2. The molecule has 2 saturated heterocycles. The molecule has 0 saturated carbocycles. The van der Waals surface area contributed by atoms with E-state index < -0.39 is 5.51 Å². The molecule has 4 nitrogen and oxygen atoms in total. The van der Waals surface area contributed by atoms with Crippen molar-refractivity contribution in [3.05, 3.63) is 59.7 Å². The minimum absolute atomic E-state index is 0.0819. The predicted molar refractivity (Wildman–Crippen MR) is 140 cm³/mol. The number of nitrogens with zero attached hydrogens (tertiary/aromatic N) is 3. The third kappa shape index (κ3) is 8.17. The van der Waals surface area contributed by atoms with Crippen molar-refractivity contribution in [1.29, 1.82) is 0 Å². The number of anilines is 1. The Labute approximate surface area is 216 Å². The number of carbonyl (C=O) groups excluding carboxylic acids is 1. The van der Waals surface area contributed by atoms with E-state index in [1.807, 2.05) is 4.90 Å². The van der Waals surface area contributed by atoms with Crippen molar-refractivity contribution < 1.29 is 18.0 Å². The Hall–Kier alpha value is -2.19. The molecule has 196 valence electrons. The summed E-state index contributed by atoms with van der Waals surface area (Å²) in [6.07, 6.45) is 4.45. The highest BCUT2D eigenvalue weighted by Crippen LogP contribution is 2.37. The average molecular weight is 520 g/mol. The van der Waals surface area contributed by atoms with E-state index in [9.17, 15) is 18.0 Å². The van der Waals surface area contributed by atoms with E-state index in [1.165, 1.54) is 11.3 Å². The highest BCUT2D eigenvalue weighted by molar-refractivity contribution is 8.00. The van der Waals surface area contributed by atoms with Crippen LogP contribution in [-0.4, -0.2) is 67.0 Å². The van der Waals surface area contributed by atoms with Gasteiger partial charge in [0.2, 0.25) is 5.91 Å². The van der Waals surface area contributed by atoms with Gasteiger partial charge in [0.25, 0.3) is 0 Å². The number of hydrogen-bond donors (Lipinski definition) is 0. The number of amides is 1. The predicted octanol–water partition coefficient (Wildman–Crippen LogP) is 5.99. The van der Waals surface area contributed by atoms with Crippen molar-refractivity contribution in [2.24, 2.45) is 5.92 Å². The van der Waals surface area contributed by atoms with Gasteiger partial charge in [-0.1, -0.05) is 29.8 Å². The zero-order valence-electron chi connectivity index (χ0n) is 21.0. The summed E-state index contributed by atoms with van der Waals surface area (Å²) in [5, 5.41) is 0. The number of rotatable bonds is 7. The molecule has 1 atom stereocenters. The highest BCUT2D eigenvalue weighted by Gasteiger charge is 2.29. The van der Waals surface area contributed by atoms with E-state index in [0.29, 0.717) is 12.3 Å². The molecule has 0 aliphatic carbocycles. The molecule has 2 fully saturated rings.